The number of piperazine rings is 1. The van der Waals surface area contributed by atoms with E-state index in [9.17, 15) is 0 Å². The summed E-state index contributed by atoms with van der Waals surface area (Å²) in [6.45, 7) is 8.87. The Labute approximate surface area is 128 Å². The molecule has 2 aromatic heterocycles. The second-order valence-electron chi connectivity index (χ2n) is 5.35. The smallest absolute Gasteiger partial charge is 0.222 e. The predicted octanol–water partition coefficient (Wildman–Crippen LogP) is 1.45. The first-order valence-electron chi connectivity index (χ1n) is 7.09. The van der Waals surface area contributed by atoms with Gasteiger partial charge in [0.15, 0.2) is 0 Å². The van der Waals surface area contributed by atoms with Gasteiger partial charge in [0.1, 0.15) is 5.82 Å². The Morgan fingerprint density at radius 2 is 1.90 bits per heavy atom. The quantitative estimate of drug-likeness (QED) is 0.925. The van der Waals surface area contributed by atoms with Gasteiger partial charge in [-0.1, -0.05) is 0 Å². The molecule has 21 heavy (non-hydrogen) atoms. The number of rotatable bonds is 3. The molecule has 0 spiro atoms. The van der Waals surface area contributed by atoms with Crippen LogP contribution in [0, 0.1) is 13.8 Å². The molecule has 0 unspecified atom stereocenters. The third-order valence-corrected chi connectivity index (χ3v) is 4.43. The Bertz CT molecular complexity index is 597. The standard InChI is InChI=1S/C14H20N6S/c1-10-7-13(18-14(15)16-10)20-5-3-19(4-6-20)8-12-9-21-11(2)17-12/h7,9H,3-6,8H2,1-2H3,(H2,15,16,18). The summed E-state index contributed by atoms with van der Waals surface area (Å²) < 4.78 is 0. The summed E-state index contributed by atoms with van der Waals surface area (Å²) in [5, 5.41) is 3.28. The Hall–Kier alpha value is -1.73. The van der Waals surface area contributed by atoms with Crippen molar-refractivity contribution in [3.05, 3.63) is 27.8 Å². The van der Waals surface area contributed by atoms with E-state index in [1.807, 2.05) is 19.9 Å². The monoisotopic (exact) mass is 304 g/mol. The number of nitrogens with two attached hydrogens (primary N) is 1. The van der Waals surface area contributed by atoms with E-state index >= 15 is 0 Å². The van der Waals surface area contributed by atoms with E-state index in [2.05, 4.69) is 30.1 Å². The van der Waals surface area contributed by atoms with E-state index < -0.39 is 0 Å². The SMILES string of the molecule is Cc1cc(N2CCN(Cc3csc(C)n3)CC2)nc(N)n1. The highest BCUT2D eigenvalue weighted by atomic mass is 32.1. The molecule has 2 N–H and O–H groups in total. The lowest BCUT2D eigenvalue weighted by molar-refractivity contribution is 0.247. The van der Waals surface area contributed by atoms with Gasteiger partial charge in [-0.3, -0.25) is 4.90 Å². The minimum Gasteiger partial charge on any atom is -0.368 e. The van der Waals surface area contributed by atoms with Crippen LogP contribution in [0.4, 0.5) is 11.8 Å². The average molecular weight is 304 g/mol. The van der Waals surface area contributed by atoms with Gasteiger partial charge < -0.3 is 10.6 Å². The van der Waals surface area contributed by atoms with Crippen LogP contribution in [0.3, 0.4) is 0 Å². The van der Waals surface area contributed by atoms with E-state index in [4.69, 9.17) is 5.73 Å². The number of anilines is 2. The molecule has 1 aliphatic rings. The fraction of sp³-hybridized carbons (Fsp3) is 0.500. The summed E-state index contributed by atoms with van der Waals surface area (Å²) in [5.41, 5.74) is 7.82. The van der Waals surface area contributed by atoms with Gasteiger partial charge in [0.25, 0.3) is 0 Å². The number of nitrogen functional groups attached to an aromatic ring is 1. The first-order chi connectivity index (χ1) is 10.1. The number of nitrogens with zero attached hydrogens (tertiary/aromatic N) is 5. The highest BCUT2D eigenvalue weighted by Gasteiger charge is 2.19. The summed E-state index contributed by atoms with van der Waals surface area (Å²) in [5.74, 6) is 1.29. The highest BCUT2D eigenvalue weighted by molar-refractivity contribution is 7.09. The first kappa shape index (κ1) is 14.2. The van der Waals surface area contributed by atoms with Crippen molar-refractivity contribution in [3.8, 4) is 0 Å². The van der Waals surface area contributed by atoms with Gasteiger partial charge in [0, 0.05) is 49.9 Å². The minimum atomic E-state index is 0.352. The third-order valence-electron chi connectivity index (χ3n) is 3.61. The van der Waals surface area contributed by atoms with Crippen LogP contribution in [-0.4, -0.2) is 46.0 Å². The van der Waals surface area contributed by atoms with Crippen molar-refractivity contribution >= 4 is 23.1 Å². The van der Waals surface area contributed by atoms with E-state index in [-0.39, 0.29) is 0 Å². The van der Waals surface area contributed by atoms with E-state index in [1.54, 1.807) is 11.3 Å². The lowest BCUT2D eigenvalue weighted by Gasteiger charge is -2.35. The van der Waals surface area contributed by atoms with Crippen molar-refractivity contribution in [2.45, 2.75) is 20.4 Å². The number of hydrogen-bond donors (Lipinski definition) is 1. The molecule has 6 nitrogen and oxygen atoms in total. The molecule has 0 aromatic carbocycles. The topological polar surface area (TPSA) is 71.2 Å². The Morgan fingerprint density at radius 1 is 1.14 bits per heavy atom. The molecule has 1 aliphatic heterocycles. The number of aromatic nitrogens is 3. The van der Waals surface area contributed by atoms with Crippen LogP contribution >= 0.6 is 11.3 Å². The second-order valence-corrected chi connectivity index (χ2v) is 6.41. The highest BCUT2D eigenvalue weighted by Crippen LogP contribution is 2.17. The van der Waals surface area contributed by atoms with Crippen molar-refractivity contribution in [3.63, 3.8) is 0 Å². The number of aryl methyl sites for hydroxylation is 2. The van der Waals surface area contributed by atoms with Crippen LogP contribution in [0.1, 0.15) is 16.4 Å². The molecule has 1 fully saturated rings. The Morgan fingerprint density at radius 3 is 2.52 bits per heavy atom. The molecule has 0 bridgehead atoms. The van der Waals surface area contributed by atoms with Gasteiger partial charge in [-0.2, -0.15) is 4.98 Å². The molecular formula is C14H20N6S. The maximum Gasteiger partial charge on any atom is 0.222 e. The normalized spacial score (nSPS) is 16.4. The van der Waals surface area contributed by atoms with E-state index in [0.717, 1.165) is 49.2 Å². The molecule has 3 rings (SSSR count). The van der Waals surface area contributed by atoms with Gasteiger partial charge in [-0.15, -0.1) is 11.3 Å². The molecule has 0 aliphatic carbocycles. The Balaban J connectivity index is 1.59. The zero-order chi connectivity index (χ0) is 14.8. The van der Waals surface area contributed by atoms with Crippen molar-refractivity contribution < 1.29 is 0 Å². The van der Waals surface area contributed by atoms with Crippen LogP contribution in [-0.2, 0) is 6.54 Å². The zero-order valence-electron chi connectivity index (χ0n) is 12.4. The average Bonchev–Trinajstić information content (AvgIpc) is 2.84. The maximum atomic E-state index is 5.73. The van der Waals surface area contributed by atoms with Crippen molar-refractivity contribution in [1.82, 2.24) is 19.9 Å². The minimum absolute atomic E-state index is 0.352. The largest absolute Gasteiger partial charge is 0.368 e. The van der Waals surface area contributed by atoms with Crippen LogP contribution < -0.4 is 10.6 Å². The first-order valence-corrected chi connectivity index (χ1v) is 7.97. The fourth-order valence-corrected chi connectivity index (χ4v) is 3.19. The van der Waals surface area contributed by atoms with Gasteiger partial charge >= 0.3 is 0 Å². The summed E-state index contributed by atoms with van der Waals surface area (Å²) >= 11 is 1.71. The zero-order valence-corrected chi connectivity index (χ0v) is 13.2. The van der Waals surface area contributed by atoms with E-state index in [0.29, 0.717) is 5.95 Å². The van der Waals surface area contributed by atoms with Crippen molar-refractivity contribution in [1.29, 1.82) is 0 Å². The van der Waals surface area contributed by atoms with Crippen LogP contribution in [0.5, 0.6) is 0 Å². The summed E-state index contributed by atoms with van der Waals surface area (Å²) in [4.78, 5) is 17.7. The molecule has 2 aromatic rings. The van der Waals surface area contributed by atoms with Gasteiger partial charge in [-0.05, 0) is 13.8 Å². The fourth-order valence-electron chi connectivity index (χ4n) is 2.58. The van der Waals surface area contributed by atoms with Crippen LogP contribution in [0.25, 0.3) is 0 Å². The number of hydrogen-bond acceptors (Lipinski definition) is 7. The van der Waals surface area contributed by atoms with Crippen LogP contribution in [0.15, 0.2) is 11.4 Å². The lowest BCUT2D eigenvalue weighted by Crippen LogP contribution is -2.46. The summed E-state index contributed by atoms with van der Waals surface area (Å²) in [6.07, 6.45) is 0. The molecule has 0 atom stereocenters. The summed E-state index contributed by atoms with van der Waals surface area (Å²) in [6, 6.07) is 2.00. The third kappa shape index (κ3) is 3.48. The molecule has 1 saturated heterocycles. The lowest BCUT2D eigenvalue weighted by atomic mass is 10.3. The second kappa shape index (κ2) is 5.95. The molecule has 3 heterocycles. The number of thiazole rings is 1. The van der Waals surface area contributed by atoms with Gasteiger partial charge in [-0.25, -0.2) is 9.97 Å². The molecule has 0 amide bonds. The molecule has 112 valence electrons. The predicted molar refractivity (Wildman–Crippen MR) is 85.5 cm³/mol. The maximum absolute atomic E-state index is 5.73. The molecule has 0 radical (unpaired) electrons. The van der Waals surface area contributed by atoms with E-state index in [1.165, 1.54) is 5.69 Å². The van der Waals surface area contributed by atoms with Crippen molar-refractivity contribution in [2.75, 3.05) is 36.8 Å². The van der Waals surface area contributed by atoms with Crippen molar-refractivity contribution in [2.24, 2.45) is 0 Å². The van der Waals surface area contributed by atoms with Gasteiger partial charge in [0.2, 0.25) is 5.95 Å². The Kier molecular flexibility index (Phi) is 4.03. The molecule has 0 saturated carbocycles. The molecular weight excluding hydrogens is 284 g/mol. The molecule has 7 heteroatoms. The van der Waals surface area contributed by atoms with Gasteiger partial charge in [0.05, 0.1) is 10.7 Å². The van der Waals surface area contributed by atoms with Crippen LogP contribution in [0.2, 0.25) is 0 Å². The summed E-state index contributed by atoms with van der Waals surface area (Å²) in [7, 11) is 0.